The molecule has 1 fully saturated rings. The number of nitrogens with zero attached hydrogens (tertiary/aromatic N) is 2. The van der Waals surface area contributed by atoms with Crippen LogP contribution in [0.4, 0.5) is 14.9 Å². The molecule has 18 heavy (non-hydrogen) atoms. The molecule has 0 aromatic heterocycles. The summed E-state index contributed by atoms with van der Waals surface area (Å²) in [7, 11) is 0. The Hall–Kier alpha value is -2.29. The van der Waals surface area contributed by atoms with Crippen LogP contribution in [-0.2, 0) is 0 Å². The molecule has 0 aliphatic carbocycles. The zero-order valence-electron chi connectivity index (χ0n) is 9.56. The van der Waals surface area contributed by atoms with E-state index in [0.29, 0.717) is 25.2 Å². The van der Waals surface area contributed by atoms with Gasteiger partial charge in [0.05, 0.1) is 11.6 Å². The number of anilines is 1. The molecule has 6 heteroatoms. The average molecular weight is 249 g/mol. The van der Waals surface area contributed by atoms with Gasteiger partial charge in [0.25, 0.3) is 0 Å². The van der Waals surface area contributed by atoms with Crippen molar-refractivity contribution in [2.24, 2.45) is 0 Å². The molecule has 1 aliphatic rings. The van der Waals surface area contributed by atoms with Crippen molar-refractivity contribution in [2.45, 2.75) is 12.5 Å². The van der Waals surface area contributed by atoms with Crippen molar-refractivity contribution >= 4 is 11.8 Å². The molecule has 1 atom stereocenters. The maximum absolute atomic E-state index is 13.5. The second-order valence-electron chi connectivity index (χ2n) is 4.16. The highest BCUT2D eigenvalue weighted by Crippen LogP contribution is 2.22. The van der Waals surface area contributed by atoms with E-state index >= 15 is 0 Å². The first-order valence-corrected chi connectivity index (χ1v) is 5.54. The van der Waals surface area contributed by atoms with Crippen molar-refractivity contribution in [3.05, 3.63) is 29.6 Å². The highest BCUT2D eigenvalue weighted by atomic mass is 19.1. The molecule has 1 unspecified atom stereocenters. The van der Waals surface area contributed by atoms with E-state index in [1.165, 1.54) is 12.1 Å². The van der Waals surface area contributed by atoms with Crippen LogP contribution in [0.3, 0.4) is 0 Å². The lowest BCUT2D eigenvalue weighted by molar-refractivity contribution is 0.191. The number of rotatable bonds is 2. The lowest BCUT2D eigenvalue weighted by atomic mass is 10.2. The molecule has 5 nitrogen and oxygen atoms in total. The van der Waals surface area contributed by atoms with E-state index in [-0.39, 0.29) is 11.6 Å². The predicted molar refractivity (Wildman–Crippen MR) is 62.9 cm³/mol. The van der Waals surface area contributed by atoms with Crippen LogP contribution in [0.5, 0.6) is 0 Å². The second kappa shape index (κ2) is 4.92. The molecular formula is C12H12FN3O2. The smallest absolute Gasteiger partial charge is 0.404 e. The monoisotopic (exact) mass is 249 g/mol. The van der Waals surface area contributed by atoms with Gasteiger partial charge in [0.1, 0.15) is 11.9 Å². The zero-order valence-corrected chi connectivity index (χ0v) is 9.56. The van der Waals surface area contributed by atoms with Crippen LogP contribution >= 0.6 is 0 Å². The van der Waals surface area contributed by atoms with Crippen LogP contribution in [-0.4, -0.2) is 30.3 Å². The third-order valence-electron chi connectivity index (χ3n) is 2.95. The van der Waals surface area contributed by atoms with Crippen molar-refractivity contribution in [1.29, 1.82) is 5.26 Å². The molecule has 1 aromatic rings. The first-order chi connectivity index (χ1) is 8.60. The number of benzene rings is 1. The molecule has 1 heterocycles. The second-order valence-corrected chi connectivity index (χ2v) is 4.16. The molecule has 0 saturated carbocycles. The predicted octanol–water partition coefficient (Wildman–Crippen LogP) is 1.54. The van der Waals surface area contributed by atoms with Crippen molar-refractivity contribution < 1.29 is 14.3 Å². The van der Waals surface area contributed by atoms with Crippen LogP contribution < -0.4 is 10.2 Å². The number of halogens is 1. The van der Waals surface area contributed by atoms with Crippen LogP contribution in [0.25, 0.3) is 0 Å². The summed E-state index contributed by atoms with van der Waals surface area (Å²) in [6.45, 7) is 1.17. The van der Waals surface area contributed by atoms with E-state index in [2.05, 4.69) is 5.32 Å². The molecule has 0 radical (unpaired) electrons. The highest BCUT2D eigenvalue weighted by molar-refractivity contribution is 5.65. The van der Waals surface area contributed by atoms with Gasteiger partial charge in [-0.05, 0) is 24.6 Å². The fourth-order valence-corrected chi connectivity index (χ4v) is 2.08. The Bertz CT molecular complexity index is 513. The summed E-state index contributed by atoms with van der Waals surface area (Å²) in [6, 6.07) is 6.04. The average Bonchev–Trinajstić information content (AvgIpc) is 2.76. The Balaban J connectivity index is 2.08. The SMILES string of the molecule is N#Cc1ccc(N2CCC(NC(=O)O)C2)cc1F. The van der Waals surface area contributed by atoms with E-state index in [9.17, 15) is 9.18 Å². The van der Waals surface area contributed by atoms with Gasteiger partial charge in [-0.1, -0.05) is 0 Å². The topological polar surface area (TPSA) is 76.4 Å². The minimum Gasteiger partial charge on any atom is -0.465 e. The van der Waals surface area contributed by atoms with Crippen molar-refractivity contribution in [3.63, 3.8) is 0 Å². The Morgan fingerprint density at radius 2 is 2.39 bits per heavy atom. The fraction of sp³-hybridized carbons (Fsp3) is 0.333. The van der Waals surface area contributed by atoms with E-state index in [4.69, 9.17) is 10.4 Å². The molecule has 1 saturated heterocycles. The van der Waals surface area contributed by atoms with Gasteiger partial charge >= 0.3 is 6.09 Å². The maximum Gasteiger partial charge on any atom is 0.404 e. The minimum absolute atomic E-state index is 0.0122. The third-order valence-corrected chi connectivity index (χ3v) is 2.95. The van der Waals surface area contributed by atoms with Gasteiger partial charge in [-0.3, -0.25) is 0 Å². The summed E-state index contributed by atoms with van der Waals surface area (Å²) < 4.78 is 13.5. The van der Waals surface area contributed by atoms with Gasteiger partial charge in [0.2, 0.25) is 0 Å². The fourth-order valence-electron chi connectivity index (χ4n) is 2.08. The Morgan fingerprint density at radius 1 is 1.61 bits per heavy atom. The number of carbonyl (C=O) groups is 1. The van der Waals surface area contributed by atoms with Gasteiger partial charge in [-0.15, -0.1) is 0 Å². The summed E-state index contributed by atoms with van der Waals surface area (Å²) in [5, 5.41) is 19.7. The summed E-state index contributed by atoms with van der Waals surface area (Å²) in [4.78, 5) is 12.4. The molecule has 1 aromatic carbocycles. The number of hydrogen-bond donors (Lipinski definition) is 2. The molecule has 1 amide bonds. The molecule has 1 aliphatic heterocycles. The van der Waals surface area contributed by atoms with Gasteiger partial charge in [0, 0.05) is 18.8 Å². The number of nitriles is 1. The van der Waals surface area contributed by atoms with E-state index < -0.39 is 11.9 Å². The summed E-state index contributed by atoms with van der Waals surface area (Å²) in [5.74, 6) is -0.551. The van der Waals surface area contributed by atoms with Crippen LogP contribution in [0.1, 0.15) is 12.0 Å². The van der Waals surface area contributed by atoms with E-state index in [1.54, 1.807) is 12.1 Å². The third kappa shape index (κ3) is 2.51. The summed E-state index contributed by atoms with van der Waals surface area (Å²) in [5.41, 5.74) is 0.680. The normalized spacial score (nSPS) is 18.4. The first-order valence-electron chi connectivity index (χ1n) is 5.54. The molecule has 94 valence electrons. The largest absolute Gasteiger partial charge is 0.465 e. The van der Waals surface area contributed by atoms with Crippen LogP contribution in [0.2, 0.25) is 0 Å². The van der Waals surface area contributed by atoms with Gasteiger partial charge in [-0.25, -0.2) is 9.18 Å². The number of carboxylic acid groups (broad SMARTS) is 1. The summed E-state index contributed by atoms with van der Waals surface area (Å²) in [6.07, 6.45) is -0.360. The lowest BCUT2D eigenvalue weighted by Crippen LogP contribution is -2.36. The Morgan fingerprint density at radius 3 is 3.00 bits per heavy atom. The molecular weight excluding hydrogens is 237 g/mol. The quantitative estimate of drug-likeness (QED) is 0.833. The molecule has 2 rings (SSSR count). The van der Waals surface area contributed by atoms with E-state index in [0.717, 1.165) is 0 Å². The minimum atomic E-state index is -1.05. The lowest BCUT2D eigenvalue weighted by Gasteiger charge is -2.18. The Kier molecular flexibility index (Phi) is 3.33. The van der Waals surface area contributed by atoms with Crippen LogP contribution in [0.15, 0.2) is 18.2 Å². The van der Waals surface area contributed by atoms with Crippen molar-refractivity contribution in [1.82, 2.24) is 5.32 Å². The Labute approximate surface area is 103 Å². The van der Waals surface area contributed by atoms with Crippen molar-refractivity contribution in [2.75, 3.05) is 18.0 Å². The molecule has 0 spiro atoms. The number of hydrogen-bond acceptors (Lipinski definition) is 3. The van der Waals surface area contributed by atoms with Gasteiger partial charge < -0.3 is 15.3 Å². The van der Waals surface area contributed by atoms with Gasteiger partial charge in [-0.2, -0.15) is 5.26 Å². The maximum atomic E-state index is 13.5. The standard InChI is InChI=1S/C12H12FN3O2/c13-11-5-10(2-1-8(11)6-14)16-4-3-9(7-16)15-12(17)18/h1-2,5,9,15H,3-4,7H2,(H,17,18). The van der Waals surface area contributed by atoms with E-state index in [1.807, 2.05) is 4.90 Å². The van der Waals surface area contributed by atoms with Crippen LogP contribution in [0, 0.1) is 17.1 Å². The highest BCUT2D eigenvalue weighted by Gasteiger charge is 2.24. The zero-order chi connectivity index (χ0) is 13.1. The summed E-state index contributed by atoms with van der Waals surface area (Å²) >= 11 is 0. The first kappa shape index (κ1) is 12.2. The molecule has 0 bridgehead atoms. The number of nitrogens with one attached hydrogen (secondary N) is 1. The van der Waals surface area contributed by atoms with Gasteiger partial charge in [0.15, 0.2) is 0 Å². The molecule has 2 N–H and O–H groups in total. The number of amides is 1. The van der Waals surface area contributed by atoms with Crippen molar-refractivity contribution in [3.8, 4) is 6.07 Å².